The Hall–Kier alpha value is -2.66. The Labute approximate surface area is 144 Å². The number of amides is 2. The zero-order valence-electron chi connectivity index (χ0n) is 12.9. The smallest absolute Gasteiger partial charge is 0.245 e. The van der Waals surface area contributed by atoms with E-state index in [4.69, 9.17) is 11.6 Å². The molecule has 1 saturated heterocycles. The van der Waals surface area contributed by atoms with Crippen LogP contribution >= 0.6 is 11.6 Å². The van der Waals surface area contributed by atoms with E-state index in [1.54, 1.807) is 17.0 Å². The summed E-state index contributed by atoms with van der Waals surface area (Å²) in [5, 5.41) is 4.49. The Kier molecular flexibility index (Phi) is 4.91. The van der Waals surface area contributed by atoms with Crippen molar-refractivity contribution >= 4 is 35.3 Å². The van der Waals surface area contributed by atoms with E-state index < -0.39 is 5.92 Å². The third-order valence-corrected chi connectivity index (χ3v) is 4.19. The molecule has 2 amide bonds. The van der Waals surface area contributed by atoms with Gasteiger partial charge in [-0.25, -0.2) is 5.43 Å². The lowest BCUT2D eigenvalue weighted by molar-refractivity contribution is -0.126. The fraction of sp³-hybridized carbons (Fsp3) is 0.167. The van der Waals surface area contributed by atoms with Gasteiger partial charge >= 0.3 is 0 Å². The molecule has 3 rings (SSSR count). The van der Waals surface area contributed by atoms with Crippen molar-refractivity contribution in [1.82, 2.24) is 5.43 Å². The van der Waals surface area contributed by atoms with Crippen LogP contribution in [0.15, 0.2) is 59.7 Å². The average Bonchev–Trinajstić information content (AvgIpc) is 2.99. The van der Waals surface area contributed by atoms with Crippen LogP contribution in [0.2, 0.25) is 5.02 Å². The normalized spacial score (nSPS) is 17.5. The largest absolute Gasteiger partial charge is 0.312 e. The Morgan fingerprint density at radius 1 is 1.17 bits per heavy atom. The van der Waals surface area contributed by atoms with E-state index in [2.05, 4.69) is 10.5 Å². The molecule has 1 fully saturated rings. The summed E-state index contributed by atoms with van der Waals surface area (Å²) in [5.74, 6) is -0.748. The van der Waals surface area contributed by atoms with Crippen molar-refractivity contribution in [1.29, 1.82) is 0 Å². The van der Waals surface area contributed by atoms with Crippen molar-refractivity contribution in [2.24, 2.45) is 11.0 Å². The van der Waals surface area contributed by atoms with E-state index >= 15 is 0 Å². The fourth-order valence-corrected chi connectivity index (χ4v) is 2.76. The number of halogens is 1. The van der Waals surface area contributed by atoms with Crippen molar-refractivity contribution in [2.75, 3.05) is 11.4 Å². The number of hydrogen-bond donors (Lipinski definition) is 1. The molecule has 0 saturated carbocycles. The minimum atomic E-state index is -0.416. The van der Waals surface area contributed by atoms with Crippen LogP contribution in [0.3, 0.4) is 0 Å². The molecule has 1 aliphatic heterocycles. The molecule has 2 aromatic carbocycles. The lowest BCUT2D eigenvalue weighted by Gasteiger charge is -2.16. The Morgan fingerprint density at radius 2 is 1.88 bits per heavy atom. The van der Waals surface area contributed by atoms with Crippen LogP contribution < -0.4 is 10.3 Å². The molecule has 0 aromatic heterocycles. The maximum atomic E-state index is 12.2. The van der Waals surface area contributed by atoms with Crippen molar-refractivity contribution in [3.05, 3.63) is 65.2 Å². The molecule has 0 radical (unpaired) electrons. The summed E-state index contributed by atoms with van der Waals surface area (Å²) in [6.07, 6.45) is 1.67. The number of hydrazone groups is 1. The van der Waals surface area contributed by atoms with Gasteiger partial charge in [-0.05, 0) is 18.2 Å². The molecule has 6 heteroatoms. The SMILES string of the molecule is O=C(N/N=C\c1ccccc1Cl)[C@@H]1CC(=O)N(c2ccccc2)C1. The number of hydrogen-bond acceptors (Lipinski definition) is 3. The molecule has 0 unspecified atom stereocenters. The Morgan fingerprint density at radius 3 is 2.62 bits per heavy atom. The van der Waals surface area contributed by atoms with E-state index in [-0.39, 0.29) is 18.2 Å². The first-order valence-corrected chi connectivity index (χ1v) is 7.96. The van der Waals surface area contributed by atoms with Crippen molar-refractivity contribution < 1.29 is 9.59 Å². The summed E-state index contributed by atoms with van der Waals surface area (Å²) in [4.78, 5) is 26.0. The number of benzene rings is 2. The van der Waals surface area contributed by atoms with Crippen LogP contribution in [0.1, 0.15) is 12.0 Å². The standard InChI is InChI=1S/C18H16ClN3O2/c19-16-9-5-4-6-13(16)11-20-21-18(24)14-10-17(23)22(12-14)15-7-2-1-3-8-15/h1-9,11,14H,10,12H2,(H,21,24)/b20-11-/t14-/m1/s1. The van der Waals surface area contributed by atoms with E-state index in [9.17, 15) is 9.59 Å². The van der Waals surface area contributed by atoms with Crippen LogP contribution in [0.4, 0.5) is 5.69 Å². The molecule has 1 atom stereocenters. The van der Waals surface area contributed by atoms with Gasteiger partial charge in [0.25, 0.3) is 0 Å². The molecule has 1 N–H and O–H groups in total. The van der Waals surface area contributed by atoms with Gasteiger partial charge in [-0.2, -0.15) is 5.10 Å². The van der Waals surface area contributed by atoms with E-state index in [0.717, 1.165) is 5.69 Å². The van der Waals surface area contributed by atoms with Crippen LogP contribution in [0.25, 0.3) is 0 Å². The van der Waals surface area contributed by atoms with E-state index in [0.29, 0.717) is 17.1 Å². The van der Waals surface area contributed by atoms with Gasteiger partial charge in [0, 0.05) is 29.2 Å². The van der Waals surface area contributed by atoms with Crippen LogP contribution in [-0.4, -0.2) is 24.6 Å². The van der Waals surface area contributed by atoms with Crippen LogP contribution in [0.5, 0.6) is 0 Å². The Balaban J connectivity index is 1.60. The highest BCUT2D eigenvalue weighted by Gasteiger charge is 2.34. The van der Waals surface area contributed by atoms with Gasteiger partial charge in [0.1, 0.15) is 0 Å². The van der Waals surface area contributed by atoms with Gasteiger partial charge in [0.15, 0.2) is 0 Å². The van der Waals surface area contributed by atoms with Gasteiger partial charge in [-0.3, -0.25) is 9.59 Å². The average molecular weight is 342 g/mol. The monoisotopic (exact) mass is 341 g/mol. The number of para-hydroxylation sites is 1. The summed E-state index contributed by atoms with van der Waals surface area (Å²) in [5.41, 5.74) is 4.00. The number of anilines is 1. The second-order valence-corrected chi connectivity index (χ2v) is 5.90. The third-order valence-electron chi connectivity index (χ3n) is 3.85. The number of carbonyl (C=O) groups is 2. The number of rotatable bonds is 4. The van der Waals surface area contributed by atoms with Gasteiger partial charge in [0.2, 0.25) is 11.8 Å². The first-order valence-electron chi connectivity index (χ1n) is 7.58. The first kappa shape index (κ1) is 16.2. The molecule has 0 bridgehead atoms. The maximum Gasteiger partial charge on any atom is 0.245 e. The molecule has 0 aliphatic carbocycles. The molecule has 1 heterocycles. The summed E-state index contributed by atoms with van der Waals surface area (Å²) >= 11 is 6.02. The number of carbonyl (C=O) groups excluding carboxylic acids is 2. The van der Waals surface area contributed by atoms with Gasteiger partial charge in [-0.1, -0.05) is 48.0 Å². The topological polar surface area (TPSA) is 61.8 Å². The zero-order chi connectivity index (χ0) is 16.9. The fourth-order valence-electron chi connectivity index (χ4n) is 2.58. The minimum absolute atomic E-state index is 0.0589. The van der Waals surface area contributed by atoms with Crippen LogP contribution in [0, 0.1) is 5.92 Å². The molecule has 1 aliphatic rings. The highest BCUT2D eigenvalue weighted by atomic mass is 35.5. The van der Waals surface area contributed by atoms with Crippen molar-refractivity contribution in [3.8, 4) is 0 Å². The van der Waals surface area contributed by atoms with Gasteiger partial charge in [0.05, 0.1) is 12.1 Å². The highest BCUT2D eigenvalue weighted by Crippen LogP contribution is 2.24. The third kappa shape index (κ3) is 3.63. The molecule has 24 heavy (non-hydrogen) atoms. The van der Waals surface area contributed by atoms with Crippen LogP contribution in [-0.2, 0) is 9.59 Å². The molecular weight excluding hydrogens is 326 g/mol. The molecular formula is C18H16ClN3O2. The summed E-state index contributed by atoms with van der Waals surface area (Å²) in [7, 11) is 0. The Bertz CT molecular complexity index is 777. The molecule has 0 spiro atoms. The molecule has 2 aromatic rings. The van der Waals surface area contributed by atoms with E-state index in [1.807, 2.05) is 42.5 Å². The first-order chi connectivity index (χ1) is 11.6. The van der Waals surface area contributed by atoms with Gasteiger partial charge < -0.3 is 4.90 Å². The lowest BCUT2D eigenvalue weighted by Crippen LogP contribution is -2.30. The lowest BCUT2D eigenvalue weighted by atomic mass is 10.1. The summed E-state index contributed by atoms with van der Waals surface area (Å²) < 4.78 is 0. The maximum absolute atomic E-state index is 12.2. The number of nitrogens with zero attached hydrogens (tertiary/aromatic N) is 2. The van der Waals surface area contributed by atoms with E-state index in [1.165, 1.54) is 6.21 Å². The van der Waals surface area contributed by atoms with Crippen molar-refractivity contribution in [2.45, 2.75) is 6.42 Å². The second-order valence-electron chi connectivity index (χ2n) is 5.50. The predicted molar refractivity (Wildman–Crippen MR) is 94.1 cm³/mol. The number of nitrogens with one attached hydrogen (secondary N) is 1. The highest BCUT2D eigenvalue weighted by molar-refractivity contribution is 6.33. The molecule has 5 nitrogen and oxygen atoms in total. The second kappa shape index (κ2) is 7.27. The predicted octanol–water partition coefficient (Wildman–Crippen LogP) is 2.84. The zero-order valence-corrected chi connectivity index (χ0v) is 13.6. The summed E-state index contributed by atoms with van der Waals surface area (Å²) in [6, 6.07) is 16.5. The van der Waals surface area contributed by atoms with Crippen molar-refractivity contribution in [3.63, 3.8) is 0 Å². The molecule has 122 valence electrons. The quantitative estimate of drug-likeness (QED) is 0.686. The minimum Gasteiger partial charge on any atom is -0.312 e. The van der Waals surface area contributed by atoms with Gasteiger partial charge in [-0.15, -0.1) is 0 Å². The summed E-state index contributed by atoms with van der Waals surface area (Å²) in [6.45, 7) is 0.357.